The smallest absolute Gasteiger partial charge is 0.315 e. The zero-order chi connectivity index (χ0) is 16.7. The first-order chi connectivity index (χ1) is 11.0. The zero-order valence-corrected chi connectivity index (χ0v) is 14.2. The van der Waals surface area contributed by atoms with Crippen LogP contribution in [0.2, 0.25) is 0 Å². The Morgan fingerprint density at radius 3 is 2.57 bits per heavy atom. The van der Waals surface area contributed by atoms with Gasteiger partial charge in [-0.2, -0.15) is 0 Å². The number of carbonyl (C=O) groups is 1. The van der Waals surface area contributed by atoms with Gasteiger partial charge in [-0.3, -0.25) is 0 Å². The van der Waals surface area contributed by atoms with Gasteiger partial charge in [0.15, 0.2) is 0 Å². The number of likely N-dealkylation sites (tertiary alicyclic amines) is 1. The van der Waals surface area contributed by atoms with Gasteiger partial charge >= 0.3 is 6.03 Å². The number of amides is 2. The molecular formula is C18H29N3O2. The highest BCUT2D eigenvalue weighted by Gasteiger charge is 2.25. The molecule has 128 valence electrons. The van der Waals surface area contributed by atoms with E-state index in [1.807, 2.05) is 30.3 Å². The maximum absolute atomic E-state index is 12.0. The van der Waals surface area contributed by atoms with E-state index in [2.05, 4.69) is 22.5 Å². The fourth-order valence-electron chi connectivity index (χ4n) is 3.01. The molecule has 0 bridgehead atoms. The molecule has 0 spiro atoms. The van der Waals surface area contributed by atoms with Crippen LogP contribution < -0.4 is 10.6 Å². The van der Waals surface area contributed by atoms with E-state index in [-0.39, 0.29) is 18.6 Å². The van der Waals surface area contributed by atoms with Gasteiger partial charge in [0.2, 0.25) is 0 Å². The van der Waals surface area contributed by atoms with Crippen molar-refractivity contribution in [3.63, 3.8) is 0 Å². The second kappa shape index (κ2) is 8.31. The van der Waals surface area contributed by atoms with Crippen molar-refractivity contribution in [1.29, 1.82) is 0 Å². The van der Waals surface area contributed by atoms with Crippen LogP contribution in [0.25, 0.3) is 0 Å². The van der Waals surface area contributed by atoms with Gasteiger partial charge in [0.05, 0.1) is 6.54 Å². The van der Waals surface area contributed by atoms with E-state index in [1.54, 1.807) is 6.92 Å². The van der Waals surface area contributed by atoms with Crippen LogP contribution in [-0.4, -0.2) is 48.3 Å². The van der Waals surface area contributed by atoms with Crippen molar-refractivity contribution < 1.29 is 9.90 Å². The molecule has 1 aromatic rings. The second-order valence-corrected chi connectivity index (χ2v) is 6.58. The summed E-state index contributed by atoms with van der Waals surface area (Å²) in [6, 6.07) is 9.43. The molecule has 23 heavy (non-hydrogen) atoms. The Labute approximate surface area is 139 Å². The first-order valence-electron chi connectivity index (χ1n) is 8.56. The van der Waals surface area contributed by atoms with E-state index < -0.39 is 5.60 Å². The Morgan fingerprint density at radius 2 is 1.96 bits per heavy atom. The zero-order valence-electron chi connectivity index (χ0n) is 14.2. The van der Waals surface area contributed by atoms with Gasteiger partial charge in [-0.25, -0.2) is 4.79 Å². The summed E-state index contributed by atoms with van der Waals surface area (Å²) < 4.78 is 0. The second-order valence-electron chi connectivity index (χ2n) is 6.58. The predicted molar refractivity (Wildman–Crippen MR) is 92.3 cm³/mol. The number of carbonyl (C=O) groups excluding carboxylic acids is 1. The SMILES string of the molecule is CCCN1CCC(NC(=O)NCC(C)(O)c2ccccc2)CC1. The lowest BCUT2D eigenvalue weighted by atomic mass is 9.96. The van der Waals surface area contributed by atoms with Gasteiger partial charge in [-0.05, 0) is 38.3 Å². The topological polar surface area (TPSA) is 64.6 Å². The van der Waals surface area contributed by atoms with E-state index >= 15 is 0 Å². The lowest BCUT2D eigenvalue weighted by Gasteiger charge is -2.32. The van der Waals surface area contributed by atoms with Crippen LogP contribution in [0.3, 0.4) is 0 Å². The summed E-state index contributed by atoms with van der Waals surface area (Å²) in [5.74, 6) is 0. The third-order valence-corrected chi connectivity index (χ3v) is 4.45. The largest absolute Gasteiger partial charge is 0.384 e. The standard InChI is InChI=1S/C18H29N3O2/c1-3-11-21-12-9-16(10-13-21)20-17(22)19-14-18(2,23)15-7-5-4-6-8-15/h4-8,16,23H,3,9-14H2,1-2H3,(H2,19,20,22). The van der Waals surface area contributed by atoms with Gasteiger partial charge in [0.25, 0.3) is 0 Å². The van der Waals surface area contributed by atoms with Gasteiger partial charge in [-0.1, -0.05) is 37.3 Å². The molecule has 3 N–H and O–H groups in total. The minimum absolute atomic E-state index is 0.192. The third-order valence-electron chi connectivity index (χ3n) is 4.45. The van der Waals surface area contributed by atoms with Crippen molar-refractivity contribution >= 4 is 6.03 Å². The molecule has 0 aliphatic carbocycles. The highest BCUT2D eigenvalue weighted by atomic mass is 16.3. The number of rotatable bonds is 6. The van der Waals surface area contributed by atoms with Gasteiger partial charge in [-0.15, -0.1) is 0 Å². The van der Waals surface area contributed by atoms with Crippen LogP contribution >= 0.6 is 0 Å². The molecule has 1 aliphatic heterocycles. The van der Waals surface area contributed by atoms with Crippen molar-refractivity contribution in [3.05, 3.63) is 35.9 Å². The van der Waals surface area contributed by atoms with Gasteiger partial charge < -0.3 is 20.6 Å². The molecule has 1 unspecified atom stereocenters. The van der Waals surface area contributed by atoms with Crippen LogP contribution in [0.4, 0.5) is 4.79 Å². The molecule has 1 fully saturated rings. The van der Waals surface area contributed by atoms with Crippen LogP contribution in [-0.2, 0) is 5.60 Å². The molecule has 5 nitrogen and oxygen atoms in total. The third kappa shape index (κ3) is 5.52. The van der Waals surface area contributed by atoms with E-state index in [1.165, 1.54) is 6.42 Å². The monoisotopic (exact) mass is 319 g/mol. The van der Waals surface area contributed by atoms with Crippen LogP contribution in [0.1, 0.15) is 38.7 Å². The number of piperidine rings is 1. The van der Waals surface area contributed by atoms with Crippen molar-refractivity contribution in [1.82, 2.24) is 15.5 Å². The minimum Gasteiger partial charge on any atom is -0.384 e. The normalized spacial score (nSPS) is 19.1. The summed E-state index contributed by atoms with van der Waals surface area (Å²) in [7, 11) is 0. The van der Waals surface area contributed by atoms with E-state index in [4.69, 9.17) is 0 Å². The average Bonchev–Trinajstić information content (AvgIpc) is 2.56. The Morgan fingerprint density at radius 1 is 1.30 bits per heavy atom. The Kier molecular flexibility index (Phi) is 6.42. The summed E-state index contributed by atoms with van der Waals surface area (Å²) in [6.45, 7) is 7.32. The van der Waals surface area contributed by atoms with Crippen molar-refractivity contribution in [3.8, 4) is 0 Å². The Bertz CT molecular complexity index is 482. The molecule has 1 heterocycles. The van der Waals surface area contributed by atoms with Crippen molar-refractivity contribution in [2.24, 2.45) is 0 Å². The van der Waals surface area contributed by atoms with E-state index in [0.29, 0.717) is 0 Å². The number of hydrogen-bond donors (Lipinski definition) is 3. The number of benzene rings is 1. The molecule has 0 saturated carbocycles. The fraction of sp³-hybridized carbons (Fsp3) is 0.611. The maximum atomic E-state index is 12.0. The highest BCUT2D eigenvalue weighted by Crippen LogP contribution is 2.18. The molecule has 0 radical (unpaired) electrons. The fourth-order valence-corrected chi connectivity index (χ4v) is 3.01. The lowest BCUT2D eigenvalue weighted by molar-refractivity contribution is 0.0591. The molecule has 1 atom stereocenters. The summed E-state index contributed by atoms with van der Waals surface area (Å²) in [6.07, 6.45) is 3.15. The quantitative estimate of drug-likeness (QED) is 0.752. The number of aliphatic hydroxyl groups is 1. The molecule has 1 saturated heterocycles. The van der Waals surface area contributed by atoms with E-state index in [0.717, 1.165) is 38.0 Å². The summed E-state index contributed by atoms with van der Waals surface area (Å²) in [4.78, 5) is 14.5. The summed E-state index contributed by atoms with van der Waals surface area (Å²) in [5, 5.41) is 16.3. The minimum atomic E-state index is -1.07. The van der Waals surface area contributed by atoms with Gasteiger partial charge in [0, 0.05) is 19.1 Å². The number of hydrogen-bond acceptors (Lipinski definition) is 3. The summed E-state index contributed by atoms with van der Waals surface area (Å²) in [5.41, 5.74) is -0.267. The Hall–Kier alpha value is -1.59. The van der Waals surface area contributed by atoms with Crippen LogP contribution in [0.5, 0.6) is 0 Å². The number of nitrogens with zero attached hydrogens (tertiary/aromatic N) is 1. The first-order valence-corrected chi connectivity index (χ1v) is 8.56. The van der Waals surface area contributed by atoms with Crippen LogP contribution in [0.15, 0.2) is 30.3 Å². The van der Waals surface area contributed by atoms with E-state index in [9.17, 15) is 9.90 Å². The Balaban J connectivity index is 1.73. The van der Waals surface area contributed by atoms with Crippen LogP contribution in [0, 0.1) is 0 Å². The molecule has 1 aromatic carbocycles. The molecule has 5 heteroatoms. The predicted octanol–water partition coefficient (Wildman–Crippen LogP) is 2.07. The first kappa shape index (κ1) is 17.8. The number of urea groups is 1. The molecule has 1 aliphatic rings. The molecule has 2 rings (SSSR count). The maximum Gasteiger partial charge on any atom is 0.315 e. The molecular weight excluding hydrogens is 290 g/mol. The van der Waals surface area contributed by atoms with Gasteiger partial charge in [0.1, 0.15) is 5.60 Å². The number of nitrogens with one attached hydrogen (secondary N) is 2. The highest BCUT2D eigenvalue weighted by molar-refractivity contribution is 5.74. The molecule has 2 amide bonds. The lowest BCUT2D eigenvalue weighted by Crippen LogP contribution is -2.50. The van der Waals surface area contributed by atoms with Crippen molar-refractivity contribution in [2.75, 3.05) is 26.2 Å². The van der Waals surface area contributed by atoms with Crippen molar-refractivity contribution in [2.45, 2.75) is 44.8 Å². The average molecular weight is 319 g/mol. The summed E-state index contributed by atoms with van der Waals surface area (Å²) >= 11 is 0. The molecule has 0 aromatic heterocycles.